The van der Waals surface area contributed by atoms with Crippen molar-refractivity contribution in [3.8, 4) is 6.07 Å². The normalized spacial score (nSPS) is 12.0. The molecule has 0 radical (unpaired) electrons. The molecule has 0 unspecified atom stereocenters. The van der Waals surface area contributed by atoms with Crippen LogP contribution in [0.1, 0.15) is 17.5 Å². The van der Waals surface area contributed by atoms with Crippen molar-refractivity contribution in [3.05, 3.63) is 47.0 Å². The number of carboxylic acids is 1. The minimum atomic E-state index is -4.37. The van der Waals surface area contributed by atoms with Crippen LogP contribution in [0.15, 0.2) is 35.9 Å². The molecule has 6 heteroatoms. The molecular weight excluding hydrogens is 259 g/mol. The van der Waals surface area contributed by atoms with Crippen LogP contribution >= 0.6 is 0 Å². The van der Waals surface area contributed by atoms with Crippen LogP contribution in [0.2, 0.25) is 0 Å². The molecule has 1 rings (SSSR count). The topological polar surface area (TPSA) is 61.1 Å². The average Bonchev–Trinajstić information content (AvgIpc) is 2.33. The third kappa shape index (κ3) is 4.47. The molecule has 0 heterocycles. The largest absolute Gasteiger partial charge is 0.477 e. The summed E-state index contributed by atoms with van der Waals surface area (Å²) in [6.07, 6.45) is -2.47. The van der Waals surface area contributed by atoms with Crippen LogP contribution in [0.5, 0.6) is 0 Å². The molecule has 100 valence electrons. The van der Waals surface area contributed by atoms with Gasteiger partial charge in [0.1, 0.15) is 11.6 Å². The van der Waals surface area contributed by atoms with Crippen LogP contribution in [0.25, 0.3) is 0 Å². The van der Waals surface area contributed by atoms with Gasteiger partial charge in [0, 0.05) is 0 Å². The number of aliphatic carboxylic acids is 1. The van der Waals surface area contributed by atoms with E-state index in [0.29, 0.717) is 12.0 Å². The third-order valence-electron chi connectivity index (χ3n) is 2.41. The van der Waals surface area contributed by atoms with E-state index < -0.39 is 17.7 Å². The number of nitrogens with zero attached hydrogens (tertiary/aromatic N) is 1. The second-order valence-corrected chi connectivity index (χ2v) is 3.77. The Morgan fingerprint density at radius 1 is 1.32 bits per heavy atom. The number of hydrogen-bond acceptors (Lipinski definition) is 2. The van der Waals surface area contributed by atoms with E-state index >= 15 is 0 Å². The lowest BCUT2D eigenvalue weighted by molar-refractivity contribution is -0.137. The van der Waals surface area contributed by atoms with Gasteiger partial charge in [-0.1, -0.05) is 18.2 Å². The highest BCUT2D eigenvalue weighted by atomic mass is 19.4. The Kier molecular flexibility index (Phi) is 4.70. The van der Waals surface area contributed by atoms with Gasteiger partial charge in [-0.25, -0.2) is 4.79 Å². The minimum absolute atomic E-state index is 0.278. The molecule has 1 N–H and O–H groups in total. The van der Waals surface area contributed by atoms with Gasteiger partial charge >= 0.3 is 12.1 Å². The lowest BCUT2D eigenvalue weighted by atomic mass is 10.1. The van der Waals surface area contributed by atoms with Crippen LogP contribution in [-0.2, 0) is 17.4 Å². The number of carboxylic acid groups (broad SMARTS) is 1. The van der Waals surface area contributed by atoms with E-state index in [2.05, 4.69) is 0 Å². The van der Waals surface area contributed by atoms with Crippen molar-refractivity contribution in [2.45, 2.75) is 19.0 Å². The fourth-order valence-corrected chi connectivity index (χ4v) is 1.42. The molecule has 0 atom stereocenters. The van der Waals surface area contributed by atoms with Crippen LogP contribution in [0, 0.1) is 11.3 Å². The summed E-state index contributed by atoms with van der Waals surface area (Å²) in [6, 6.07) is 6.15. The van der Waals surface area contributed by atoms with Gasteiger partial charge in [0.15, 0.2) is 0 Å². The first-order valence-electron chi connectivity index (χ1n) is 5.34. The molecule has 1 aromatic carbocycles. The third-order valence-corrected chi connectivity index (χ3v) is 2.41. The van der Waals surface area contributed by atoms with Gasteiger partial charge in [-0.15, -0.1) is 0 Å². The van der Waals surface area contributed by atoms with E-state index in [9.17, 15) is 18.0 Å². The Bertz CT molecular complexity index is 524. The molecule has 0 spiro atoms. The number of halogens is 3. The molecule has 1 aromatic rings. The smallest absolute Gasteiger partial charge is 0.416 e. The van der Waals surface area contributed by atoms with Crippen molar-refractivity contribution < 1.29 is 23.1 Å². The summed E-state index contributed by atoms with van der Waals surface area (Å²) < 4.78 is 36.9. The highest BCUT2D eigenvalue weighted by Gasteiger charge is 2.29. The van der Waals surface area contributed by atoms with E-state index in [1.807, 2.05) is 0 Å². The molecule has 0 bridgehead atoms. The predicted molar refractivity (Wildman–Crippen MR) is 61.1 cm³/mol. The lowest BCUT2D eigenvalue weighted by Gasteiger charge is -2.06. The van der Waals surface area contributed by atoms with Gasteiger partial charge in [0.25, 0.3) is 0 Å². The second-order valence-electron chi connectivity index (χ2n) is 3.77. The van der Waals surface area contributed by atoms with Gasteiger partial charge in [0.05, 0.1) is 5.56 Å². The highest BCUT2D eigenvalue weighted by Crippen LogP contribution is 2.29. The minimum Gasteiger partial charge on any atom is -0.477 e. The lowest BCUT2D eigenvalue weighted by Crippen LogP contribution is -2.04. The maximum Gasteiger partial charge on any atom is 0.416 e. The van der Waals surface area contributed by atoms with E-state index in [4.69, 9.17) is 10.4 Å². The van der Waals surface area contributed by atoms with Gasteiger partial charge in [-0.05, 0) is 30.5 Å². The number of nitriles is 1. The monoisotopic (exact) mass is 269 g/mol. The van der Waals surface area contributed by atoms with Gasteiger partial charge in [-0.3, -0.25) is 0 Å². The zero-order valence-electron chi connectivity index (χ0n) is 9.74. The Hall–Kier alpha value is -2.29. The number of benzene rings is 1. The molecule has 3 nitrogen and oxygen atoms in total. The summed E-state index contributed by atoms with van der Waals surface area (Å²) in [7, 11) is 0. The van der Waals surface area contributed by atoms with Gasteiger partial charge in [0.2, 0.25) is 0 Å². The standard InChI is InChI=1S/C13H10F3NO2/c14-13(15,16)11-6-4-9(5-7-11)2-1-3-10(8-17)12(18)19/h3-7H,1-2H2,(H,18,19). The fourth-order valence-electron chi connectivity index (χ4n) is 1.42. The van der Waals surface area contributed by atoms with Gasteiger partial charge in [-0.2, -0.15) is 18.4 Å². The number of hydrogen-bond donors (Lipinski definition) is 1. The predicted octanol–water partition coefficient (Wildman–Crippen LogP) is 3.17. The van der Waals surface area contributed by atoms with E-state index in [1.54, 1.807) is 0 Å². The van der Waals surface area contributed by atoms with Crippen molar-refractivity contribution >= 4 is 5.97 Å². The summed E-state index contributed by atoms with van der Waals surface area (Å²) in [4.78, 5) is 10.5. The quantitative estimate of drug-likeness (QED) is 0.674. The molecule has 0 fully saturated rings. The van der Waals surface area contributed by atoms with Crippen molar-refractivity contribution in [2.75, 3.05) is 0 Å². The van der Waals surface area contributed by atoms with Crippen LogP contribution in [0.4, 0.5) is 13.2 Å². The van der Waals surface area contributed by atoms with Crippen molar-refractivity contribution in [1.29, 1.82) is 5.26 Å². The van der Waals surface area contributed by atoms with Crippen molar-refractivity contribution in [2.24, 2.45) is 0 Å². The Labute approximate surface area is 107 Å². The number of carbonyl (C=O) groups is 1. The molecule has 0 saturated heterocycles. The Morgan fingerprint density at radius 3 is 2.32 bits per heavy atom. The van der Waals surface area contributed by atoms with Gasteiger partial charge < -0.3 is 5.11 Å². The summed E-state index contributed by atoms with van der Waals surface area (Å²) in [5.41, 5.74) is -0.450. The summed E-state index contributed by atoms with van der Waals surface area (Å²) in [5.74, 6) is -1.31. The molecule has 0 aromatic heterocycles. The number of alkyl halides is 3. The first-order chi connectivity index (χ1) is 8.84. The average molecular weight is 269 g/mol. The van der Waals surface area contributed by atoms with E-state index in [0.717, 1.165) is 12.1 Å². The zero-order chi connectivity index (χ0) is 14.5. The zero-order valence-corrected chi connectivity index (χ0v) is 9.74. The van der Waals surface area contributed by atoms with Crippen molar-refractivity contribution in [1.82, 2.24) is 0 Å². The summed E-state index contributed by atoms with van der Waals surface area (Å²) in [6.45, 7) is 0. The molecule has 19 heavy (non-hydrogen) atoms. The van der Waals surface area contributed by atoms with Crippen LogP contribution < -0.4 is 0 Å². The first-order valence-corrected chi connectivity index (χ1v) is 5.34. The van der Waals surface area contributed by atoms with Crippen LogP contribution in [-0.4, -0.2) is 11.1 Å². The van der Waals surface area contributed by atoms with Crippen molar-refractivity contribution in [3.63, 3.8) is 0 Å². The SMILES string of the molecule is N#CC(=CCCc1ccc(C(F)(F)F)cc1)C(=O)O. The second kappa shape index (κ2) is 6.05. The maximum atomic E-state index is 12.3. The molecule has 0 aliphatic heterocycles. The Balaban J connectivity index is 2.66. The number of aryl methyl sites for hydroxylation is 1. The molecule has 0 aliphatic rings. The molecule has 0 amide bonds. The number of rotatable bonds is 4. The fraction of sp³-hybridized carbons (Fsp3) is 0.231. The molecule has 0 aliphatic carbocycles. The summed E-state index contributed by atoms with van der Waals surface area (Å²) >= 11 is 0. The highest BCUT2D eigenvalue weighted by molar-refractivity contribution is 5.90. The molecular formula is C13H10F3NO2. The van der Waals surface area contributed by atoms with E-state index in [1.165, 1.54) is 24.3 Å². The number of allylic oxidation sites excluding steroid dienone is 1. The molecule has 0 saturated carbocycles. The Morgan fingerprint density at radius 2 is 1.89 bits per heavy atom. The van der Waals surface area contributed by atoms with E-state index in [-0.39, 0.29) is 12.0 Å². The summed E-state index contributed by atoms with van der Waals surface area (Å²) in [5, 5.41) is 17.1. The maximum absolute atomic E-state index is 12.3. The first kappa shape index (κ1) is 14.8. The van der Waals surface area contributed by atoms with Crippen LogP contribution in [0.3, 0.4) is 0 Å².